The van der Waals surface area contributed by atoms with Crippen LogP contribution < -0.4 is 10.9 Å². The number of nitrogens with one attached hydrogen (secondary N) is 2. The Morgan fingerprint density at radius 3 is 2.64 bits per heavy atom. The minimum Gasteiger partial charge on any atom is -0.391 e. The van der Waals surface area contributed by atoms with Crippen LogP contribution in [0.5, 0.6) is 0 Å². The first kappa shape index (κ1) is 18.6. The summed E-state index contributed by atoms with van der Waals surface area (Å²) in [5.41, 5.74) is 8.20. The number of β-amino-alcohol motifs (C(OH)–C–C–N with tert-alkyl or cyclic N) is 1. The topological polar surface area (TPSA) is 88.4 Å². The standard InChI is InChI=1S/C21H21FN4O2/c22-19-4-2-1-3-18(19)20-8-16(27)12-26(20)21(28)13-5-6-17(14(7-13)9-23)15-10-24-25-11-15/h1-7,15-16,20,24-25,27H,8,10-12H2/t16-,20-/m1/s1. The number of benzene rings is 2. The highest BCUT2D eigenvalue weighted by Gasteiger charge is 2.37. The SMILES string of the molecule is N#Cc1cc(C(=O)N2C[C@H](O)C[C@@H]2c2ccccc2F)ccc1C1CNNC1. The normalized spacial score (nSPS) is 22.4. The van der Waals surface area contributed by atoms with E-state index in [2.05, 4.69) is 16.9 Å². The quantitative estimate of drug-likeness (QED) is 0.756. The molecule has 144 valence electrons. The molecule has 3 N–H and O–H groups in total. The molecule has 2 atom stereocenters. The number of likely N-dealkylation sites (tertiary alicyclic amines) is 1. The van der Waals surface area contributed by atoms with Crippen molar-refractivity contribution in [3.05, 3.63) is 70.5 Å². The van der Waals surface area contributed by atoms with Gasteiger partial charge in [-0.05, 0) is 30.2 Å². The summed E-state index contributed by atoms with van der Waals surface area (Å²) in [4.78, 5) is 14.6. The van der Waals surface area contributed by atoms with Crippen LogP contribution in [-0.2, 0) is 0 Å². The number of nitriles is 1. The fraction of sp³-hybridized carbons (Fsp3) is 0.333. The predicted octanol–water partition coefficient (Wildman–Crippen LogP) is 1.84. The van der Waals surface area contributed by atoms with E-state index in [0.717, 1.165) is 18.7 Å². The number of halogens is 1. The Kier molecular flexibility index (Phi) is 5.09. The van der Waals surface area contributed by atoms with Crippen LogP contribution in [0.3, 0.4) is 0 Å². The third-order valence-corrected chi connectivity index (χ3v) is 5.49. The molecule has 2 heterocycles. The summed E-state index contributed by atoms with van der Waals surface area (Å²) in [5, 5.41) is 19.7. The maximum absolute atomic E-state index is 14.3. The number of amides is 1. The van der Waals surface area contributed by atoms with Gasteiger partial charge in [-0.3, -0.25) is 15.6 Å². The van der Waals surface area contributed by atoms with Crippen molar-refractivity contribution in [2.24, 2.45) is 0 Å². The van der Waals surface area contributed by atoms with Crippen molar-refractivity contribution in [3.63, 3.8) is 0 Å². The highest BCUT2D eigenvalue weighted by atomic mass is 19.1. The lowest BCUT2D eigenvalue weighted by Gasteiger charge is -2.25. The second kappa shape index (κ2) is 7.68. The van der Waals surface area contributed by atoms with Crippen molar-refractivity contribution in [1.82, 2.24) is 15.8 Å². The van der Waals surface area contributed by atoms with Crippen LogP contribution in [-0.4, -0.2) is 41.7 Å². The Hall–Kier alpha value is -2.79. The van der Waals surface area contributed by atoms with Gasteiger partial charge in [-0.2, -0.15) is 5.26 Å². The molecule has 6 nitrogen and oxygen atoms in total. The van der Waals surface area contributed by atoms with Crippen molar-refractivity contribution in [3.8, 4) is 6.07 Å². The van der Waals surface area contributed by atoms with Crippen LogP contribution in [0.25, 0.3) is 0 Å². The Balaban J connectivity index is 1.64. The van der Waals surface area contributed by atoms with E-state index in [1.807, 2.05) is 6.07 Å². The lowest BCUT2D eigenvalue weighted by atomic mass is 9.93. The maximum Gasteiger partial charge on any atom is 0.254 e. The van der Waals surface area contributed by atoms with E-state index in [1.54, 1.807) is 30.3 Å². The molecule has 2 aromatic rings. The number of rotatable bonds is 3. The van der Waals surface area contributed by atoms with E-state index in [0.29, 0.717) is 16.7 Å². The second-order valence-electron chi connectivity index (χ2n) is 7.26. The average Bonchev–Trinajstić information content (AvgIpc) is 3.37. The van der Waals surface area contributed by atoms with Crippen LogP contribution in [0.15, 0.2) is 42.5 Å². The molecular formula is C21H21FN4O2. The van der Waals surface area contributed by atoms with E-state index >= 15 is 0 Å². The molecule has 28 heavy (non-hydrogen) atoms. The van der Waals surface area contributed by atoms with E-state index in [-0.39, 0.29) is 24.8 Å². The predicted molar refractivity (Wildman–Crippen MR) is 101 cm³/mol. The average molecular weight is 380 g/mol. The van der Waals surface area contributed by atoms with Crippen LogP contribution in [0, 0.1) is 17.1 Å². The van der Waals surface area contributed by atoms with Crippen molar-refractivity contribution >= 4 is 5.91 Å². The van der Waals surface area contributed by atoms with Gasteiger partial charge in [0.05, 0.1) is 23.8 Å². The third kappa shape index (κ3) is 3.38. The Bertz CT molecular complexity index is 936. The van der Waals surface area contributed by atoms with Gasteiger partial charge in [-0.1, -0.05) is 24.3 Å². The number of aliphatic hydroxyl groups is 1. The van der Waals surface area contributed by atoms with Gasteiger partial charge >= 0.3 is 0 Å². The van der Waals surface area contributed by atoms with Gasteiger partial charge in [0.1, 0.15) is 5.82 Å². The summed E-state index contributed by atoms with van der Waals surface area (Å²) in [6.07, 6.45) is -0.422. The number of hydrogen-bond acceptors (Lipinski definition) is 5. The fourth-order valence-electron chi connectivity index (χ4n) is 4.07. The van der Waals surface area contributed by atoms with Gasteiger partial charge in [-0.15, -0.1) is 0 Å². The maximum atomic E-state index is 14.3. The smallest absolute Gasteiger partial charge is 0.254 e. The van der Waals surface area contributed by atoms with Crippen molar-refractivity contribution in [2.45, 2.75) is 24.5 Å². The number of hydrazine groups is 1. The molecular weight excluding hydrogens is 359 g/mol. The highest BCUT2D eigenvalue weighted by molar-refractivity contribution is 5.95. The number of carbonyl (C=O) groups excluding carboxylic acids is 1. The number of aliphatic hydroxyl groups excluding tert-OH is 1. The molecule has 2 saturated heterocycles. The van der Waals surface area contributed by atoms with Crippen molar-refractivity contribution < 1.29 is 14.3 Å². The summed E-state index contributed by atoms with van der Waals surface area (Å²) in [7, 11) is 0. The zero-order valence-electron chi connectivity index (χ0n) is 15.2. The van der Waals surface area contributed by atoms with Gasteiger partial charge < -0.3 is 10.0 Å². The summed E-state index contributed by atoms with van der Waals surface area (Å²) >= 11 is 0. The van der Waals surface area contributed by atoms with Gasteiger partial charge in [0.15, 0.2) is 0 Å². The van der Waals surface area contributed by atoms with E-state index < -0.39 is 18.0 Å². The minimum absolute atomic E-state index is 0.137. The Morgan fingerprint density at radius 1 is 1.18 bits per heavy atom. The molecule has 1 amide bonds. The molecule has 0 aliphatic carbocycles. The molecule has 2 fully saturated rings. The molecule has 0 radical (unpaired) electrons. The van der Waals surface area contributed by atoms with E-state index in [9.17, 15) is 19.6 Å². The first-order chi connectivity index (χ1) is 13.6. The summed E-state index contributed by atoms with van der Waals surface area (Å²) < 4.78 is 14.3. The molecule has 7 heteroatoms. The molecule has 0 aromatic heterocycles. The first-order valence-corrected chi connectivity index (χ1v) is 9.31. The molecule has 0 saturated carbocycles. The minimum atomic E-state index is -0.709. The van der Waals surface area contributed by atoms with Crippen molar-refractivity contribution in [1.29, 1.82) is 5.26 Å². The van der Waals surface area contributed by atoms with Crippen LogP contribution >= 0.6 is 0 Å². The molecule has 0 spiro atoms. The first-order valence-electron chi connectivity index (χ1n) is 9.31. The summed E-state index contributed by atoms with van der Waals surface area (Å²) in [5.74, 6) is -0.539. The highest BCUT2D eigenvalue weighted by Crippen LogP contribution is 2.35. The van der Waals surface area contributed by atoms with Gasteiger partial charge in [0.2, 0.25) is 0 Å². The number of nitrogens with zero attached hydrogens (tertiary/aromatic N) is 2. The number of carbonyl (C=O) groups is 1. The van der Waals surface area contributed by atoms with Crippen LogP contribution in [0.2, 0.25) is 0 Å². The molecule has 0 bridgehead atoms. The van der Waals surface area contributed by atoms with Crippen LogP contribution in [0.1, 0.15) is 45.4 Å². The molecule has 2 aliphatic rings. The zero-order chi connectivity index (χ0) is 19.7. The molecule has 4 rings (SSSR count). The molecule has 2 aliphatic heterocycles. The van der Waals surface area contributed by atoms with E-state index in [4.69, 9.17) is 0 Å². The van der Waals surface area contributed by atoms with Crippen molar-refractivity contribution in [2.75, 3.05) is 19.6 Å². The van der Waals surface area contributed by atoms with E-state index in [1.165, 1.54) is 11.0 Å². The largest absolute Gasteiger partial charge is 0.391 e. The lowest BCUT2D eigenvalue weighted by molar-refractivity contribution is 0.0714. The molecule has 2 aromatic carbocycles. The second-order valence-corrected chi connectivity index (χ2v) is 7.26. The fourth-order valence-corrected chi connectivity index (χ4v) is 4.07. The van der Waals surface area contributed by atoms with Gasteiger partial charge in [0, 0.05) is 36.7 Å². The lowest BCUT2D eigenvalue weighted by Crippen LogP contribution is -2.32. The van der Waals surface area contributed by atoms with Crippen LogP contribution in [0.4, 0.5) is 4.39 Å². The number of hydrogen-bond donors (Lipinski definition) is 3. The Morgan fingerprint density at radius 2 is 1.93 bits per heavy atom. The Labute approximate surface area is 162 Å². The molecule has 0 unspecified atom stereocenters. The third-order valence-electron chi connectivity index (χ3n) is 5.49. The summed E-state index contributed by atoms with van der Waals surface area (Å²) in [6, 6.07) is 13.1. The summed E-state index contributed by atoms with van der Waals surface area (Å²) in [6.45, 7) is 1.57. The van der Waals surface area contributed by atoms with Gasteiger partial charge in [0.25, 0.3) is 5.91 Å². The monoisotopic (exact) mass is 380 g/mol. The zero-order valence-corrected chi connectivity index (χ0v) is 15.2. The van der Waals surface area contributed by atoms with Gasteiger partial charge in [-0.25, -0.2) is 4.39 Å².